The lowest BCUT2D eigenvalue weighted by Gasteiger charge is -2.59. The Kier molecular flexibility index (Phi) is 7.20. The molecule has 4 saturated heterocycles. The number of likely N-dealkylation sites (tertiary alicyclic amines) is 3. The van der Waals surface area contributed by atoms with Gasteiger partial charge in [0.15, 0.2) is 0 Å². The Hall–Kier alpha value is -0.240. The Bertz CT molecular complexity index is 446. The largest absolute Gasteiger partial charge is 0.380 e. The maximum absolute atomic E-state index is 5.54. The molecule has 4 aliphatic rings. The van der Waals surface area contributed by atoms with Gasteiger partial charge in [0.2, 0.25) is 0 Å². The van der Waals surface area contributed by atoms with Gasteiger partial charge in [0, 0.05) is 63.2 Å². The van der Waals surface area contributed by atoms with E-state index in [4.69, 9.17) is 14.2 Å². The Morgan fingerprint density at radius 2 is 1.19 bits per heavy atom. The zero-order valence-electron chi connectivity index (χ0n) is 18.2. The summed E-state index contributed by atoms with van der Waals surface area (Å²) in [4.78, 5) is 7.36. The van der Waals surface area contributed by atoms with Crippen LogP contribution in [0.25, 0.3) is 0 Å². The normalized spacial score (nSPS) is 26.3. The second-order valence-corrected chi connectivity index (χ2v) is 9.93. The average Bonchev–Trinajstić information content (AvgIpc) is 2.43. The molecule has 0 aliphatic carbocycles. The summed E-state index contributed by atoms with van der Waals surface area (Å²) in [5, 5.41) is 0. The van der Waals surface area contributed by atoms with Gasteiger partial charge in [-0.2, -0.15) is 0 Å². The van der Waals surface area contributed by atoms with E-state index >= 15 is 0 Å². The van der Waals surface area contributed by atoms with Gasteiger partial charge >= 0.3 is 0 Å². The van der Waals surface area contributed by atoms with E-state index in [-0.39, 0.29) is 0 Å². The first-order chi connectivity index (χ1) is 12.8. The van der Waals surface area contributed by atoms with E-state index in [2.05, 4.69) is 49.4 Å². The molecular formula is C21H41N3O3. The van der Waals surface area contributed by atoms with Crippen LogP contribution in [0.4, 0.5) is 0 Å². The molecule has 0 atom stereocenters. The molecule has 4 fully saturated rings. The van der Waals surface area contributed by atoms with Crippen LogP contribution in [-0.2, 0) is 14.2 Å². The van der Waals surface area contributed by atoms with E-state index in [0.717, 1.165) is 39.5 Å². The standard InChI is InChI=1S/C11H22N2O.C10H19NO2/c1-10(2)14-5-4-13-8-11(9-13)6-12(3)7-11;1-9(2)13-4-3-11-5-10(6-11)7-12-8-10/h10H,4-9H2,1-3H3;9H,3-8H2,1-2H3. The lowest BCUT2D eigenvalue weighted by Crippen LogP contribution is -2.71. The first-order valence-electron chi connectivity index (χ1n) is 10.7. The van der Waals surface area contributed by atoms with Crippen LogP contribution < -0.4 is 0 Å². The van der Waals surface area contributed by atoms with Crippen LogP contribution in [0.1, 0.15) is 27.7 Å². The van der Waals surface area contributed by atoms with E-state index in [1.165, 1.54) is 39.3 Å². The van der Waals surface area contributed by atoms with E-state index in [1.54, 1.807) is 0 Å². The van der Waals surface area contributed by atoms with E-state index in [9.17, 15) is 0 Å². The van der Waals surface area contributed by atoms with Crippen molar-refractivity contribution >= 4 is 0 Å². The van der Waals surface area contributed by atoms with Crippen molar-refractivity contribution < 1.29 is 14.2 Å². The average molecular weight is 384 g/mol. The Morgan fingerprint density at radius 1 is 0.741 bits per heavy atom. The van der Waals surface area contributed by atoms with Crippen LogP contribution in [0.2, 0.25) is 0 Å². The van der Waals surface area contributed by atoms with Gasteiger partial charge in [-0.3, -0.25) is 9.80 Å². The Labute approximate surface area is 166 Å². The van der Waals surface area contributed by atoms with Crippen LogP contribution in [-0.4, -0.2) is 113 Å². The summed E-state index contributed by atoms with van der Waals surface area (Å²) < 4.78 is 16.2. The summed E-state index contributed by atoms with van der Waals surface area (Å²) in [6.45, 7) is 21.9. The molecule has 6 heteroatoms. The van der Waals surface area contributed by atoms with Gasteiger partial charge in [0.1, 0.15) is 0 Å². The summed E-state index contributed by atoms with van der Waals surface area (Å²) in [5.74, 6) is 0. The Balaban J connectivity index is 0.000000156. The lowest BCUT2D eigenvalue weighted by atomic mass is 9.73. The molecule has 0 N–H and O–H groups in total. The van der Waals surface area contributed by atoms with Crippen molar-refractivity contribution in [2.75, 3.05) is 85.8 Å². The summed E-state index contributed by atoms with van der Waals surface area (Å²) in [6, 6.07) is 0. The predicted molar refractivity (Wildman–Crippen MR) is 108 cm³/mol. The number of rotatable bonds is 8. The van der Waals surface area contributed by atoms with Crippen LogP contribution in [0.15, 0.2) is 0 Å². The zero-order valence-corrected chi connectivity index (χ0v) is 18.2. The third-order valence-electron chi connectivity index (χ3n) is 5.98. The first-order valence-corrected chi connectivity index (χ1v) is 10.7. The second kappa shape index (κ2) is 9.06. The SMILES string of the molecule is CC(C)OCCN1CC2(CN(C)C2)C1.CC(C)OCCN1CC2(COC2)C1. The molecule has 2 spiro atoms. The van der Waals surface area contributed by atoms with Crippen LogP contribution in [0.5, 0.6) is 0 Å². The van der Waals surface area contributed by atoms with Crippen molar-refractivity contribution in [2.45, 2.75) is 39.9 Å². The molecule has 4 aliphatic heterocycles. The van der Waals surface area contributed by atoms with E-state index in [1.807, 2.05) is 0 Å². The molecule has 0 radical (unpaired) electrons. The highest BCUT2D eigenvalue weighted by Gasteiger charge is 2.50. The van der Waals surface area contributed by atoms with Crippen LogP contribution in [0.3, 0.4) is 0 Å². The van der Waals surface area contributed by atoms with Crippen LogP contribution in [0, 0.1) is 10.8 Å². The third-order valence-corrected chi connectivity index (χ3v) is 5.98. The number of nitrogens with zero attached hydrogens (tertiary/aromatic N) is 3. The molecule has 0 unspecified atom stereocenters. The highest BCUT2D eigenvalue weighted by atomic mass is 16.5. The van der Waals surface area contributed by atoms with Crippen LogP contribution >= 0.6 is 0 Å². The molecule has 0 bridgehead atoms. The minimum Gasteiger partial charge on any atom is -0.380 e. The van der Waals surface area contributed by atoms with Crippen molar-refractivity contribution in [3.05, 3.63) is 0 Å². The van der Waals surface area contributed by atoms with Gasteiger partial charge in [-0.05, 0) is 34.7 Å². The molecule has 158 valence electrons. The Morgan fingerprint density at radius 3 is 1.52 bits per heavy atom. The van der Waals surface area contributed by atoms with Crippen molar-refractivity contribution in [3.63, 3.8) is 0 Å². The monoisotopic (exact) mass is 383 g/mol. The zero-order chi connectivity index (χ0) is 19.5. The van der Waals surface area contributed by atoms with Gasteiger partial charge in [-0.15, -0.1) is 0 Å². The molecule has 0 aromatic rings. The van der Waals surface area contributed by atoms with E-state index < -0.39 is 0 Å². The molecule has 0 saturated carbocycles. The van der Waals surface area contributed by atoms with Gasteiger partial charge in [0.05, 0.1) is 38.6 Å². The smallest absolute Gasteiger partial charge is 0.0596 e. The topological polar surface area (TPSA) is 37.4 Å². The summed E-state index contributed by atoms with van der Waals surface area (Å²) in [7, 11) is 2.20. The van der Waals surface area contributed by atoms with Crippen molar-refractivity contribution in [3.8, 4) is 0 Å². The number of ether oxygens (including phenoxy) is 3. The highest BCUT2D eigenvalue weighted by molar-refractivity contribution is 5.04. The summed E-state index contributed by atoms with van der Waals surface area (Å²) in [5.41, 5.74) is 1.23. The predicted octanol–water partition coefficient (Wildman–Crippen LogP) is 1.40. The fraction of sp³-hybridized carbons (Fsp3) is 1.00. The quantitative estimate of drug-likeness (QED) is 0.631. The molecule has 27 heavy (non-hydrogen) atoms. The number of hydrogen-bond acceptors (Lipinski definition) is 6. The molecule has 0 amide bonds. The van der Waals surface area contributed by atoms with Gasteiger partial charge < -0.3 is 19.1 Å². The van der Waals surface area contributed by atoms with Gasteiger partial charge in [-0.1, -0.05) is 0 Å². The fourth-order valence-corrected chi connectivity index (χ4v) is 4.83. The fourth-order valence-electron chi connectivity index (χ4n) is 4.83. The maximum Gasteiger partial charge on any atom is 0.0596 e. The molecule has 6 nitrogen and oxygen atoms in total. The van der Waals surface area contributed by atoms with Crippen molar-refractivity contribution in [2.24, 2.45) is 10.8 Å². The molecule has 4 heterocycles. The van der Waals surface area contributed by atoms with Crippen molar-refractivity contribution in [1.82, 2.24) is 14.7 Å². The minimum absolute atomic E-state index is 0.363. The lowest BCUT2D eigenvalue weighted by molar-refractivity contribution is -0.191. The number of hydrogen-bond donors (Lipinski definition) is 0. The van der Waals surface area contributed by atoms with Crippen molar-refractivity contribution in [1.29, 1.82) is 0 Å². The van der Waals surface area contributed by atoms with Gasteiger partial charge in [0.25, 0.3) is 0 Å². The van der Waals surface area contributed by atoms with Gasteiger partial charge in [-0.25, -0.2) is 0 Å². The minimum atomic E-state index is 0.363. The highest BCUT2D eigenvalue weighted by Crippen LogP contribution is 2.38. The second-order valence-electron chi connectivity index (χ2n) is 9.93. The first kappa shape index (κ1) is 21.5. The molecule has 0 aromatic heterocycles. The molecular weight excluding hydrogens is 342 g/mol. The molecule has 0 aromatic carbocycles. The molecule has 4 rings (SSSR count). The third kappa shape index (κ3) is 5.87. The maximum atomic E-state index is 5.54. The summed E-state index contributed by atoms with van der Waals surface area (Å²) in [6.07, 6.45) is 0.738. The summed E-state index contributed by atoms with van der Waals surface area (Å²) >= 11 is 0. The van der Waals surface area contributed by atoms with E-state index in [0.29, 0.717) is 23.0 Å².